The molecular weight excluding hydrogens is 404 g/mol. The molecule has 3 heterocycles. The largest absolute Gasteiger partial charge is 0.365 e. The van der Waals surface area contributed by atoms with Gasteiger partial charge in [-0.3, -0.25) is 24.0 Å². The van der Waals surface area contributed by atoms with Gasteiger partial charge >= 0.3 is 0 Å². The molecule has 0 saturated carbocycles. The lowest BCUT2D eigenvalue weighted by Crippen LogP contribution is -2.60. The summed E-state index contributed by atoms with van der Waals surface area (Å²) >= 11 is 0. The Bertz CT molecular complexity index is 737. The van der Waals surface area contributed by atoms with Crippen molar-refractivity contribution in [1.82, 2.24) is 20.9 Å². The number of nitrogens with one attached hydrogen (secondary N) is 3. The number of Topliss-reactive ketones (excluding diaryl/α,β-unsaturated/α-hetero) is 1. The van der Waals surface area contributed by atoms with Crippen LogP contribution >= 0.6 is 0 Å². The number of ketones is 1. The summed E-state index contributed by atoms with van der Waals surface area (Å²) in [4.78, 5) is 64.0. The predicted molar refractivity (Wildman–Crippen MR) is 110 cm³/mol. The van der Waals surface area contributed by atoms with Crippen molar-refractivity contribution in [3.63, 3.8) is 0 Å². The Hall–Kier alpha value is -2.49. The van der Waals surface area contributed by atoms with Gasteiger partial charge in [-0.1, -0.05) is 12.8 Å². The minimum absolute atomic E-state index is 0.111. The third-order valence-corrected chi connectivity index (χ3v) is 6.07. The van der Waals surface area contributed by atoms with Gasteiger partial charge in [0.1, 0.15) is 30.3 Å². The highest BCUT2D eigenvalue weighted by Gasteiger charge is 2.39. The van der Waals surface area contributed by atoms with Gasteiger partial charge in [0.05, 0.1) is 6.61 Å². The van der Waals surface area contributed by atoms with Crippen LogP contribution in [0.3, 0.4) is 0 Å². The van der Waals surface area contributed by atoms with Gasteiger partial charge in [0.15, 0.2) is 5.78 Å². The zero-order valence-corrected chi connectivity index (χ0v) is 18.1. The van der Waals surface area contributed by atoms with E-state index in [4.69, 9.17) is 4.74 Å². The van der Waals surface area contributed by atoms with Crippen LogP contribution in [0.4, 0.5) is 0 Å². The Balaban J connectivity index is 1.65. The maximum absolute atomic E-state index is 13.2. The third kappa shape index (κ3) is 6.03. The Morgan fingerprint density at radius 1 is 0.968 bits per heavy atom. The first-order valence-corrected chi connectivity index (χ1v) is 11.1. The van der Waals surface area contributed by atoms with Crippen molar-refractivity contribution in [2.75, 3.05) is 13.2 Å². The summed E-state index contributed by atoms with van der Waals surface area (Å²) in [6, 6.07) is -3.07. The monoisotopic (exact) mass is 436 g/mol. The first-order valence-electron chi connectivity index (χ1n) is 11.1. The lowest BCUT2D eigenvalue weighted by atomic mass is 10.0. The molecule has 3 aliphatic heterocycles. The highest BCUT2D eigenvalue weighted by atomic mass is 16.6. The number of amides is 4. The predicted octanol–water partition coefficient (Wildman–Crippen LogP) is -0.596. The number of hydrogen-bond donors (Lipinski definition) is 3. The molecule has 5 atom stereocenters. The minimum Gasteiger partial charge on any atom is -0.365 e. The van der Waals surface area contributed by atoms with Crippen LogP contribution in [0.1, 0.15) is 58.8 Å². The molecule has 3 aliphatic rings. The zero-order chi connectivity index (χ0) is 22.5. The fourth-order valence-electron chi connectivity index (χ4n) is 4.06. The van der Waals surface area contributed by atoms with E-state index >= 15 is 0 Å². The number of unbranched alkanes of at least 4 members (excludes halogenated alkanes) is 2. The quantitative estimate of drug-likeness (QED) is 0.360. The Morgan fingerprint density at radius 3 is 2.29 bits per heavy atom. The fourth-order valence-corrected chi connectivity index (χ4v) is 4.06. The maximum atomic E-state index is 13.2. The molecule has 0 aromatic heterocycles. The smallest absolute Gasteiger partial charge is 0.245 e. The number of epoxide rings is 1. The van der Waals surface area contributed by atoms with Gasteiger partial charge in [0, 0.05) is 13.0 Å². The average Bonchev–Trinajstić information content (AvgIpc) is 3.47. The third-order valence-electron chi connectivity index (χ3n) is 6.07. The number of rotatable bonds is 7. The van der Waals surface area contributed by atoms with Gasteiger partial charge in [0.2, 0.25) is 23.6 Å². The van der Waals surface area contributed by atoms with Crippen LogP contribution in [-0.4, -0.2) is 77.7 Å². The molecule has 0 aromatic carbocycles. The first-order chi connectivity index (χ1) is 14.8. The van der Waals surface area contributed by atoms with Crippen LogP contribution < -0.4 is 16.0 Å². The van der Waals surface area contributed by atoms with Gasteiger partial charge in [-0.25, -0.2) is 0 Å². The molecule has 0 spiro atoms. The topological polar surface area (TPSA) is 137 Å². The maximum Gasteiger partial charge on any atom is 0.245 e. The lowest BCUT2D eigenvalue weighted by molar-refractivity contribution is -0.143. The van der Waals surface area contributed by atoms with Crippen molar-refractivity contribution in [1.29, 1.82) is 0 Å². The summed E-state index contributed by atoms with van der Waals surface area (Å²) in [6.07, 6.45) is 3.92. The van der Waals surface area contributed by atoms with E-state index in [1.54, 1.807) is 13.8 Å². The van der Waals surface area contributed by atoms with E-state index < -0.39 is 36.0 Å². The second-order valence-electron chi connectivity index (χ2n) is 8.60. The van der Waals surface area contributed by atoms with E-state index in [0.717, 1.165) is 6.42 Å². The normalized spacial score (nSPS) is 31.7. The number of carbonyl (C=O) groups is 5. The van der Waals surface area contributed by atoms with E-state index in [0.29, 0.717) is 51.7 Å². The van der Waals surface area contributed by atoms with Gasteiger partial charge in [-0.2, -0.15) is 0 Å². The highest BCUT2D eigenvalue weighted by Crippen LogP contribution is 2.21. The molecule has 4 amide bonds. The van der Waals surface area contributed by atoms with E-state index in [1.165, 1.54) is 4.90 Å². The van der Waals surface area contributed by atoms with Crippen molar-refractivity contribution < 1.29 is 28.7 Å². The van der Waals surface area contributed by atoms with Crippen molar-refractivity contribution >= 4 is 29.4 Å². The molecule has 3 rings (SSSR count). The molecule has 3 fully saturated rings. The van der Waals surface area contributed by atoms with Crippen molar-refractivity contribution in [2.45, 2.75) is 89.1 Å². The summed E-state index contributed by atoms with van der Waals surface area (Å²) in [5.41, 5.74) is 0. The second kappa shape index (κ2) is 10.2. The van der Waals surface area contributed by atoms with Crippen LogP contribution in [0.25, 0.3) is 0 Å². The second-order valence-corrected chi connectivity index (χ2v) is 8.60. The van der Waals surface area contributed by atoms with E-state index in [1.807, 2.05) is 0 Å². The highest BCUT2D eigenvalue weighted by molar-refractivity contribution is 5.97. The fraction of sp³-hybridized carbons (Fsp3) is 0.762. The van der Waals surface area contributed by atoms with Crippen LogP contribution in [0, 0.1) is 0 Å². The molecule has 172 valence electrons. The molecule has 3 saturated heterocycles. The minimum atomic E-state index is -0.841. The molecule has 0 aliphatic carbocycles. The number of carbonyl (C=O) groups excluding carboxylic acids is 5. The molecule has 31 heavy (non-hydrogen) atoms. The summed E-state index contributed by atoms with van der Waals surface area (Å²) in [5, 5.41) is 8.00. The van der Waals surface area contributed by atoms with Crippen molar-refractivity contribution in [2.24, 2.45) is 0 Å². The molecule has 0 unspecified atom stereocenters. The molecular formula is C21H32N4O6. The van der Waals surface area contributed by atoms with Gasteiger partial charge in [-0.05, 0) is 39.5 Å². The molecule has 0 radical (unpaired) electrons. The van der Waals surface area contributed by atoms with Crippen LogP contribution in [0.5, 0.6) is 0 Å². The van der Waals surface area contributed by atoms with Gasteiger partial charge in [0.25, 0.3) is 0 Å². The SMILES string of the molecule is C[C@@H]1NC(=O)[C@H]2CCCN2C(=O)[C@H](CCCCCC(=O)[C@@H]2CO2)NC(=O)[C@@H](C)NC1=O. The van der Waals surface area contributed by atoms with Crippen LogP contribution in [0.2, 0.25) is 0 Å². The van der Waals surface area contributed by atoms with Gasteiger partial charge < -0.3 is 25.6 Å². The summed E-state index contributed by atoms with van der Waals surface area (Å²) in [7, 11) is 0. The van der Waals surface area contributed by atoms with Crippen LogP contribution in [-0.2, 0) is 28.7 Å². The van der Waals surface area contributed by atoms with Gasteiger partial charge in [-0.15, -0.1) is 0 Å². The average molecular weight is 437 g/mol. The Labute approximate surface area is 181 Å². The molecule has 10 nitrogen and oxygen atoms in total. The van der Waals surface area contributed by atoms with E-state index in [2.05, 4.69) is 16.0 Å². The molecule has 0 bridgehead atoms. The van der Waals surface area contributed by atoms with E-state index in [9.17, 15) is 24.0 Å². The van der Waals surface area contributed by atoms with Crippen molar-refractivity contribution in [3.05, 3.63) is 0 Å². The van der Waals surface area contributed by atoms with Crippen LogP contribution in [0.15, 0.2) is 0 Å². The van der Waals surface area contributed by atoms with E-state index in [-0.39, 0.29) is 23.7 Å². The standard InChI is InChI=1S/C21H32N4O6/c1-12-18(27)22-13(2)19(28)24-14(7-4-3-5-9-16(26)17-11-31-17)21(30)25-10-6-8-15(25)20(29)23-12/h12-15,17H,3-11H2,1-2H3,(H,22,27)(H,23,29)(H,24,28)/t12-,13+,14-,15+,17-/m0/s1. The summed E-state index contributed by atoms with van der Waals surface area (Å²) in [6.45, 7) is 4.04. The molecule has 10 heteroatoms. The Morgan fingerprint density at radius 2 is 1.61 bits per heavy atom. The zero-order valence-electron chi connectivity index (χ0n) is 18.1. The first kappa shape index (κ1) is 23.2. The number of hydrogen-bond acceptors (Lipinski definition) is 6. The lowest BCUT2D eigenvalue weighted by Gasteiger charge is -2.31. The molecule has 3 N–H and O–H groups in total. The summed E-state index contributed by atoms with van der Waals surface area (Å²) in [5.74, 6) is -1.41. The molecule has 0 aromatic rings. The van der Waals surface area contributed by atoms with Crippen molar-refractivity contribution in [3.8, 4) is 0 Å². The number of nitrogens with zero attached hydrogens (tertiary/aromatic N) is 1. The Kier molecular flexibility index (Phi) is 7.64. The summed E-state index contributed by atoms with van der Waals surface area (Å²) < 4.78 is 4.98. The number of fused-ring (bicyclic) bond motifs is 1. The number of ether oxygens (including phenoxy) is 1.